The van der Waals surface area contributed by atoms with Crippen molar-refractivity contribution in [3.63, 3.8) is 0 Å². The van der Waals surface area contributed by atoms with E-state index >= 15 is 0 Å². The van der Waals surface area contributed by atoms with Crippen LogP contribution < -0.4 is 5.32 Å². The molecule has 17 unspecified atom stereocenters. The summed E-state index contributed by atoms with van der Waals surface area (Å²) >= 11 is 0. The van der Waals surface area contributed by atoms with Gasteiger partial charge in [0, 0.05) is 6.42 Å². The second kappa shape index (κ2) is 70.2. The lowest BCUT2D eigenvalue weighted by Crippen LogP contribution is -2.66. The van der Waals surface area contributed by atoms with Crippen molar-refractivity contribution in [2.45, 2.75) is 458 Å². The number of allylic oxidation sites excluding steroid dienone is 13. The highest BCUT2D eigenvalue weighted by Crippen LogP contribution is 2.33. The number of hydrogen-bond donors (Lipinski definition) is 12. The van der Waals surface area contributed by atoms with Gasteiger partial charge in [-0.25, -0.2) is 0 Å². The van der Waals surface area contributed by atoms with Gasteiger partial charge in [0.15, 0.2) is 18.9 Å². The van der Waals surface area contributed by atoms with E-state index in [-0.39, 0.29) is 18.9 Å². The topological polar surface area (TPSA) is 307 Å². The van der Waals surface area contributed by atoms with E-state index in [1.807, 2.05) is 6.08 Å². The van der Waals surface area contributed by atoms with Crippen molar-refractivity contribution >= 4 is 5.91 Å². The van der Waals surface area contributed by atoms with Gasteiger partial charge < -0.3 is 89.9 Å². The van der Waals surface area contributed by atoms with Crippen LogP contribution in [0, 0.1) is 0 Å². The lowest BCUT2D eigenvalue weighted by atomic mass is 9.96. The van der Waals surface area contributed by atoms with Crippen molar-refractivity contribution < 1.29 is 89.4 Å². The number of unbranched alkanes of at least 4 members (excludes halogenated alkanes) is 44. The maximum absolute atomic E-state index is 13.5. The van der Waals surface area contributed by atoms with Crippen LogP contribution in [0.1, 0.15) is 354 Å². The molecule has 3 aliphatic heterocycles. The molecule has 640 valence electrons. The lowest BCUT2D eigenvalue weighted by Gasteiger charge is -2.48. The van der Waals surface area contributed by atoms with E-state index in [1.165, 1.54) is 244 Å². The zero-order valence-corrected chi connectivity index (χ0v) is 69.0. The number of amides is 1. The first-order valence-electron chi connectivity index (χ1n) is 44.8. The Bertz CT molecular complexity index is 2310. The number of carbonyl (C=O) groups excluding carboxylic acids is 1. The highest BCUT2D eigenvalue weighted by molar-refractivity contribution is 5.76. The Balaban J connectivity index is 1.33. The monoisotopic (exact) mass is 1560 g/mol. The van der Waals surface area contributed by atoms with Gasteiger partial charge in [0.25, 0.3) is 0 Å². The summed E-state index contributed by atoms with van der Waals surface area (Å²) in [6.07, 6.45) is 68.7. The number of rotatable bonds is 72. The maximum atomic E-state index is 13.5. The molecule has 17 atom stereocenters. The number of nitrogens with one attached hydrogen (secondary N) is 1. The fourth-order valence-corrected chi connectivity index (χ4v) is 14.8. The average molecular weight is 1560 g/mol. The van der Waals surface area contributed by atoms with Gasteiger partial charge in [-0.15, -0.1) is 0 Å². The Labute approximate surface area is 667 Å². The number of carbonyl (C=O) groups is 1. The molecule has 19 nitrogen and oxygen atoms in total. The minimum atomic E-state index is -1.98. The third-order valence-electron chi connectivity index (χ3n) is 21.9. The molecule has 3 saturated heterocycles. The van der Waals surface area contributed by atoms with Crippen LogP contribution in [0.5, 0.6) is 0 Å². The van der Waals surface area contributed by atoms with Crippen molar-refractivity contribution in [1.29, 1.82) is 0 Å². The maximum Gasteiger partial charge on any atom is 0.220 e. The molecule has 3 aliphatic rings. The van der Waals surface area contributed by atoms with E-state index in [9.17, 15) is 61.0 Å². The Kier molecular flexibility index (Phi) is 64.6. The largest absolute Gasteiger partial charge is 0.394 e. The molecule has 0 aromatic heterocycles. The summed E-state index contributed by atoms with van der Waals surface area (Å²) in [6, 6.07) is -0.978. The number of aliphatic hydroxyl groups is 11. The molecule has 19 heteroatoms. The molecule has 12 N–H and O–H groups in total. The molecule has 0 bridgehead atoms. The van der Waals surface area contributed by atoms with Crippen LogP contribution in [0.4, 0.5) is 0 Å². The Morgan fingerprint density at radius 2 is 0.627 bits per heavy atom. The minimum absolute atomic E-state index is 0.243. The first-order valence-corrected chi connectivity index (χ1v) is 44.8. The molecule has 0 spiro atoms. The molecule has 0 saturated carbocycles. The van der Waals surface area contributed by atoms with E-state index in [0.717, 1.165) is 83.5 Å². The predicted molar refractivity (Wildman–Crippen MR) is 443 cm³/mol. The summed E-state index contributed by atoms with van der Waals surface area (Å²) in [5.41, 5.74) is 0. The summed E-state index contributed by atoms with van der Waals surface area (Å²) < 4.78 is 34.5. The molecule has 3 rings (SSSR count). The molecule has 110 heavy (non-hydrogen) atoms. The summed E-state index contributed by atoms with van der Waals surface area (Å²) in [5, 5.41) is 121. The first-order chi connectivity index (χ1) is 53.8. The van der Waals surface area contributed by atoms with Gasteiger partial charge in [0.1, 0.15) is 73.2 Å². The lowest BCUT2D eigenvalue weighted by molar-refractivity contribution is -0.379. The Morgan fingerprint density at radius 3 is 0.982 bits per heavy atom. The van der Waals surface area contributed by atoms with Crippen LogP contribution >= 0.6 is 0 Å². The highest BCUT2D eigenvalue weighted by Gasteiger charge is 2.54. The van der Waals surface area contributed by atoms with Crippen molar-refractivity contribution in [1.82, 2.24) is 5.32 Å². The fourth-order valence-electron chi connectivity index (χ4n) is 14.8. The van der Waals surface area contributed by atoms with Gasteiger partial charge in [-0.2, -0.15) is 0 Å². The van der Waals surface area contributed by atoms with Gasteiger partial charge in [0.05, 0.1) is 38.6 Å². The molecule has 1 amide bonds. The predicted octanol–water partition coefficient (Wildman–Crippen LogP) is 16.9. The second-order valence-electron chi connectivity index (χ2n) is 31.7. The number of aliphatic hydroxyl groups excluding tert-OH is 11. The molecule has 0 aromatic carbocycles. The number of hydrogen-bond acceptors (Lipinski definition) is 18. The average Bonchev–Trinajstić information content (AvgIpc) is 0.784. The smallest absolute Gasteiger partial charge is 0.220 e. The van der Waals surface area contributed by atoms with Gasteiger partial charge in [0.2, 0.25) is 5.91 Å². The summed E-state index contributed by atoms with van der Waals surface area (Å²) in [6.45, 7) is 1.67. The van der Waals surface area contributed by atoms with Crippen LogP contribution in [0.2, 0.25) is 0 Å². The molecule has 3 fully saturated rings. The van der Waals surface area contributed by atoms with E-state index in [1.54, 1.807) is 6.08 Å². The van der Waals surface area contributed by atoms with Crippen LogP contribution in [0.15, 0.2) is 85.1 Å². The third kappa shape index (κ3) is 48.5. The van der Waals surface area contributed by atoms with Crippen LogP contribution in [0.3, 0.4) is 0 Å². The quantitative estimate of drug-likeness (QED) is 0.0199. The zero-order chi connectivity index (χ0) is 79.5. The highest BCUT2D eigenvalue weighted by atomic mass is 16.8. The molecular formula is C91H163NO18. The number of ether oxygens (including phenoxy) is 6. The van der Waals surface area contributed by atoms with E-state index in [2.05, 4.69) is 92.1 Å². The minimum Gasteiger partial charge on any atom is -0.394 e. The zero-order valence-electron chi connectivity index (χ0n) is 69.0. The Morgan fingerprint density at radius 1 is 0.336 bits per heavy atom. The summed E-state index contributed by atoms with van der Waals surface area (Å²) in [4.78, 5) is 13.5. The Hall–Kier alpha value is -3.03. The molecule has 0 aromatic rings. The molecule has 0 aliphatic carbocycles. The normalized spacial score (nSPS) is 25.6. The van der Waals surface area contributed by atoms with Gasteiger partial charge >= 0.3 is 0 Å². The van der Waals surface area contributed by atoms with Crippen LogP contribution in [-0.4, -0.2) is 193 Å². The van der Waals surface area contributed by atoms with Crippen LogP contribution in [-0.2, 0) is 33.2 Å². The second-order valence-corrected chi connectivity index (χ2v) is 31.7. The van der Waals surface area contributed by atoms with Crippen molar-refractivity contribution in [2.24, 2.45) is 0 Å². The fraction of sp³-hybridized carbons (Fsp3) is 0.835. The molecular weight excluding hydrogens is 1390 g/mol. The van der Waals surface area contributed by atoms with E-state index in [4.69, 9.17) is 28.4 Å². The summed E-state index contributed by atoms with van der Waals surface area (Å²) in [5.74, 6) is -0.271. The summed E-state index contributed by atoms with van der Waals surface area (Å²) in [7, 11) is 0. The third-order valence-corrected chi connectivity index (χ3v) is 21.9. The van der Waals surface area contributed by atoms with E-state index in [0.29, 0.717) is 6.42 Å². The van der Waals surface area contributed by atoms with Gasteiger partial charge in [-0.3, -0.25) is 4.79 Å². The van der Waals surface area contributed by atoms with Crippen molar-refractivity contribution in [3.8, 4) is 0 Å². The molecule has 0 radical (unpaired) electrons. The van der Waals surface area contributed by atoms with Crippen molar-refractivity contribution in [3.05, 3.63) is 85.1 Å². The van der Waals surface area contributed by atoms with Crippen LogP contribution in [0.25, 0.3) is 0 Å². The SMILES string of the molecule is CC/C=C\C/C=C\C/C=C\C/C=C\C/C=C\C/C=C\CCCCCCCCCCCCCCCCCCCCC(=O)NC(COC1OC(CO)C(OC2OC(CO)C(OC3OC(CO)C(O)C(O)C3O)C(O)C2O)C(O)C1O)C(O)/C=C/CCCCCCCCCCCCCCCCCCCCCCCCCCCC. The van der Waals surface area contributed by atoms with Crippen molar-refractivity contribution in [2.75, 3.05) is 26.4 Å². The van der Waals surface area contributed by atoms with Gasteiger partial charge in [-0.05, 0) is 70.6 Å². The first kappa shape index (κ1) is 101. The van der Waals surface area contributed by atoms with Gasteiger partial charge in [-0.1, -0.05) is 362 Å². The van der Waals surface area contributed by atoms with E-state index < -0.39 is 124 Å². The standard InChI is InChI=1S/C91H163NO18/c1-3-5-7-9-11-13-15-17-19-21-23-25-27-29-31-33-34-35-36-37-38-39-40-41-43-45-47-49-51-53-55-57-59-61-63-65-67-69-79(97)92-74(75(96)68-66-64-62-60-58-56-54-52-50-48-46-44-42-32-30-28-26-24-22-20-18-16-14-12-10-8-6-4-2)73-105-89-85(103)82(100)87(77(71-94)107-89)110-91-86(104)83(101)88(78(72-95)108-91)109-90-84(102)81(99)80(98)76(70-93)106-90/h5,7,11,13,17,19,23,25,29,31,34-35,66,68,74-78,80-91,93-96,98-104H,3-4,6,8-10,12,14-16,18,20-22,24,26-28,30,32-33,36-65,67,69-73H2,1-2H3,(H,92,97)/b7-5-,13-11-,19-17-,25-23-,31-29-,35-34-,68-66+. The molecule has 3 heterocycles.